The fourth-order valence-electron chi connectivity index (χ4n) is 0.958. The summed E-state index contributed by atoms with van der Waals surface area (Å²) in [7, 11) is -1.83. The lowest BCUT2D eigenvalue weighted by atomic mass is 9.90. The van der Waals surface area contributed by atoms with Crippen LogP contribution in [0.3, 0.4) is 0 Å². The third-order valence-electron chi connectivity index (χ3n) is 2.38. The van der Waals surface area contributed by atoms with Crippen LogP contribution >= 0.6 is 0 Å². The molecular formula is C9H22N2O3S. The van der Waals surface area contributed by atoms with E-state index in [1.807, 2.05) is 13.8 Å². The monoisotopic (exact) mass is 238 g/mol. The summed E-state index contributed by atoms with van der Waals surface area (Å²) < 4.78 is 26.9. The molecule has 0 aliphatic heterocycles. The third kappa shape index (κ3) is 5.46. The molecule has 0 spiro atoms. The van der Waals surface area contributed by atoms with Gasteiger partial charge in [0.15, 0.2) is 0 Å². The van der Waals surface area contributed by atoms with Gasteiger partial charge < -0.3 is 5.11 Å². The molecule has 15 heavy (non-hydrogen) atoms. The highest BCUT2D eigenvalue weighted by molar-refractivity contribution is 7.87. The first-order valence-corrected chi connectivity index (χ1v) is 6.51. The Bertz CT molecular complexity index is 275. The molecule has 0 rings (SSSR count). The predicted molar refractivity (Wildman–Crippen MR) is 60.7 cm³/mol. The lowest BCUT2D eigenvalue weighted by Gasteiger charge is -2.25. The van der Waals surface area contributed by atoms with Gasteiger partial charge in [-0.05, 0) is 11.8 Å². The molecule has 0 aliphatic carbocycles. The summed E-state index contributed by atoms with van der Waals surface area (Å²) in [6, 6.07) is 0. The average molecular weight is 238 g/mol. The maximum absolute atomic E-state index is 11.6. The van der Waals surface area contributed by atoms with Crippen molar-refractivity contribution >= 4 is 10.2 Å². The van der Waals surface area contributed by atoms with Crippen LogP contribution in [-0.4, -0.2) is 44.6 Å². The number of hydrogen-bond donors (Lipinski definition) is 2. The molecule has 0 fully saturated rings. The summed E-state index contributed by atoms with van der Waals surface area (Å²) in [5.41, 5.74) is -0.226. The number of rotatable bonds is 7. The minimum atomic E-state index is -3.36. The van der Waals surface area contributed by atoms with Crippen LogP contribution in [0.4, 0.5) is 0 Å². The molecule has 0 aromatic heterocycles. The van der Waals surface area contributed by atoms with E-state index in [9.17, 15) is 8.42 Å². The predicted octanol–water partition coefficient (Wildman–Crippen LogP) is 0.181. The minimum Gasteiger partial charge on any atom is -0.396 e. The summed E-state index contributed by atoms with van der Waals surface area (Å²) >= 11 is 0. The van der Waals surface area contributed by atoms with Crippen LogP contribution in [0.25, 0.3) is 0 Å². The molecule has 5 nitrogen and oxygen atoms in total. The van der Waals surface area contributed by atoms with Crippen molar-refractivity contribution in [1.82, 2.24) is 9.03 Å². The van der Waals surface area contributed by atoms with Gasteiger partial charge in [0.25, 0.3) is 10.2 Å². The maximum atomic E-state index is 11.6. The molecule has 0 aromatic rings. The van der Waals surface area contributed by atoms with Gasteiger partial charge in [-0.1, -0.05) is 20.8 Å². The van der Waals surface area contributed by atoms with Crippen LogP contribution in [0.5, 0.6) is 0 Å². The Labute approximate surface area is 92.7 Å². The van der Waals surface area contributed by atoms with E-state index in [1.165, 1.54) is 11.4 Å². The van der Waals surface area contributed by atoms with Crippen LogP contribution in [-0.2, 0) is 10.2 Å². The normalized spacial score (nSPS) is 13.5. The molecule has 92 valence electrons. The second-order valence-corrected chi connectivity index (χ2v) is 6.24. The SMILES string of the molecule is CCN(C)S(=O)(=O)NCC(C)(C)CCO. The molecule has 0 amide bonds. The van der Waals surface area contributed by atoms with Crippen LogP contribution in [0.2, 0.25) is 0 Å². The maximum Gasteiger partial charge on any atom is 0.279 e. The Morgan fingerprint density at radius 1 is 1.40 bits per heavy atom. The van der Waals surface area contributed by atoms with Crippen LogP contribution in [0.15, 0.2) is 0 Å². The highest BCUT2D eigenvalue weighted by atomic mass is 32.2. The number of aliphatic hydroxyl groups is 1. The Kier molecular flexibility index (Phi) is 5.72. The number of aliphatic hydroxyl groups excluding tert-OH is 1. The van der Waals surface area contributed by atoms with Gasteiger partial charge in [0, 0.05) is 26.7 Å². The van der Waals surface area contributed by atoms with E-state index in [0.717, 1.165) is 0 Å². The highest BCUT2D eigenvalue weighted by Gasteiger charge is 2.22. The quantitative estimate of drug-likeness (QED) is 0.665. The van der Waals surface area contributed by atoms with Gasteiger partial charge in [-0.3, -0.25) is 0 Å². The molecule has 0 unspecified atom stereocenters. The van der Waals surface area contributed by atoms with E-state index in [0.29, 0.717) is 19.5 Å². The zero-order valence-electron chi connectivity index (χ0n) is 9.95. The number of hydrogen-bond acceptors (Lipinski definition) is 3. The molecule has 0 aliphatic rings. The van der Waals surface area contributed by atoms with Crippen LogP contribution in [0, 0.1) is 5.41 Å². The Balaban J connectivity index is 4.27. The minimum absolute atomic E-state index is 0.0678. The van der Waals surface area contributed by atoms with Gasteiger partial charge in [0.05, 0.1) is 0 Å². The average Bonchev–Trinajstić information content (AvgIpc) is 2.14. The zero-order valence-corrected chi connectivity index (χ0v) is 10.8. The smallest absolute Gasteiger partial charge is 0.279 e. The Morgan fingerprint density at radius 2 is 1.93 bits per heavy atom. The second kappa shape index (κ2) is 5.79. The molecule has 0 bridgehead atoms. The third-order valence-corrected chi connectivity index (χ3v) is 3.97. The summed E-state index contributed by atoms with van der Waals surface area (Å²) in [5, 5.41) is 8.80. The first-order valence-electron chi connectivity index (χ1n) is 5.07. The number of nitrogens with zero attached hydrogens (tertiary/aromatic N) is 1. The van der Waals surface area contributed by atoms with E-state index in [-0.39, 0.29) is 12.0 Å². The van der Waals surface area contributed by atoms with E-state index >= 15 is 0 Å². The van der Waals surface area contributed by atoms with Gasteiger partial charge in [-0.2, -0.15) is 12.7 Å². The Morgan fingerprint density at radius 3 is 2.33 bits per heavy atom. The van der Waals surface area contributed by atoms with Crippen LogP contribution in [0.1, 0.15) is 27.2 Å². The molecule has 0 saturated heterocycles. The second-order valence-electron chi connectivity index (χ2n) is 4.38. The fraction of sp³-hybridized carbons (Fsp3) is 1.00. The molecule has 0 saturated carbocycles. The largest absolute Gasteiger partial charge is 0.396 e. The van der Waals surface area contributed by atoms with Crippen molar-refractivity contribution in [3.05, 3.63) is 0 Å². The lowest BCUT2D eigenvalue weighted by Crippen LogP contribution is -2.42. The highest BCUT2D eigenvalue weighted by Crippen LogP contribution is 2.18. The molecule has 6 heteroatoms. The van der Waals surface area contributed by atoms with Gasteiger partial charge in [-0.15, -0.1) is 0 Å². The van der Waals surface area contributed by atoms with Gasteiger partial charge in [-0.25, -0.2) is 4.72 Å². The molecule has 0 radical (unpaired) electrons. The van der Waals surface area contributed by atoms with Crippen molar-refractivity contribution in [3.8, 4) is 0 Å². The van der Waals surface area contributed by atoms with Crippen molar-refractivity contribution in [2.24, 2.45) is 5.41 Å². The van der Waals surface area contributed by atoms with Crippen LogP contribution < -0.4 is 4.72 Å². The number of nitrogens with one attached hydrogen (secondary N) is 1. The van der Waals surface area contributed by atoms with Crippen molar-refractivity contribution < 1.29 is 13.5 Å². The summed E-state index contributed by atoms with van der Waals surface area (Å²) in [5.74, 6) is 0. The van der Waals surface area contributed by atoms with E-state index in [2.05, 4.69) is 4.72 Å². The van der Waals surface area contributed by atoms with E-state index < -0.39 is 10.2 Å². The fourth-order valence-corrected chi connectivity index (χ4v) is 2.09. The van der Waals surface area contributed by atoms with Gasteiger partial charge >= 0.3 is 0 Å². The lowest BCUT2D eigenvalue weighted by molar-refractivity contribution is 0.212. The molecule has 0 atom stereocenters. The van der Waals surface area contributed by atoms with Crippen molar-refractivity contribution in [2.75, 3.05) is 26.7 Å². The Hall–Kier alpha value is -0.170. The molecule has 0 aromatic carbocycles. The molecule has 2 N–H and O–H groups in total. The summed E-state index contributed by atoms with van der Waals surface area (Å²) in [6.45, 7) is 6.45. The van der Waals surface area contributed by atoms with E-state index in [4.69, 9.17) is 5.11 Å². The first-order chi connectivity index (χ1) is 6.75. The summed E-state index contributed by atoms with van der Waals surface area (Å²) in [6.07, 6.45) is 0.575. The van der Waals surface area contributed by atoms with Gasteiger partial charge in [0.1, 0.15) is 0 Å². The van der Waals surface area contributed by atoms with Crippen molar-refractivity contribution in [2.45, 2.75) is 27.2 Å². The van der Waals surface area contributed by atoms with E-state index in [1.54, 1.807) is 6.92 Å². The van der Waals surface area contributed by atoms with Crippen molar-refractivity contribution in [1.29, 1.82) is 0 Å². The summed E-state index contributed by atoms with van der Waals surface area (Å²) in [4.78, 5) is 0. The topological polar surface area (TPSA) is 69.6 Å². The van der Waals surface area contributed by atoms with Crippen molar-refractivity contribution in [3.63, 3.8) is 0 Å². The zero-order chi connectivity index (χ0) is 12.1. The standard InChI is InChI=1S/C9H22N2O3S/c1-5-11(4)15(13,14)10-8-9(2,3)6-7-12/h10,12H,5-8H2,1-4H3. The first kappa shape index (κ1) is 14.8. The molecule has 0 heterocycles. The van der Waals surface area contributed by atoms with Gasteiger partial charge in [0.2, 0.25) is 0 Å². The molecular weight excluding hydrogens is 216 g/mol.